The van der Waals surface area contributed by atoms with Crippen molar-refractivity contribution in [2.24, 2.45) is 0 Å². The van der Waals surface area contributed by atoms with Crippen LogP contribution in [0.25, 0.3) is 21.8 Å². The van der Waals surface area contributed by atoms with Gasteiger partial charge in [-0.05, 0) is 67.8 Å². The molecule has 1 saturated carbocycles. The van der Waals surface area contributed by atoms with Crippen LogP contribution in [0.1, 0.15) is 35.7 Å². The van der Waals surface area contributed by atoms with Crippen LogP contribution < -0.4 is 9.46 Å². The number of nitrogens with zero attached hydrogens (tertiary/aromatic N) is 1. The molecule has 0 bridgehead atoms. The van der Waals surface area contributed by atoms with E-state index in [2.05, 4.69) is 9.46 Å². The number of hydrogen-bond acceptors (Lipinski definition) is 6. The molecule has 1 aliphatic carbocycles. The lowest BCUT2D eigenvalue weighted by Crippen LogP contribution is -2.49. The topological polar surface area (TPSA) is 107 Å². The number of ether oxygens (including phenoxy) is 2. The normalized spacial score (nSPS) is 20.3. The Morgan fingerprint density at radius 3 is 2.38 bits per heavy atom. The van der Waals surface area contributed by atoms with Crippen molar-refractivity contribution in [1.29, 1.82) is 0 Å². The van der Waals surface area contributed by atoms with Gasteiger partial charge in [-0.2, -0.15) is 0 Å². The van der Waals surface area contributed by atoms with Gasteiger partial charge in [-0.25, -0.2) is 17.9 Å². The Kier molecular flexibility index (Phi) is 7.04. The van der Waals surface area contributed by atoms with Gasteiger partial charge < -0.3 is 19.1 Å². The quantitative estimate of drug-likeness (QED) is 0.324. The molecule has 39 heavy (non-hydrogen) atoms. The number of sulfonamides is 1. The van der Waals surface area contributed by atoms with Crippen LogP contribution in [-0.4, -0.2) is 49.7 Å². The lowest BCUT2D eigenvalue weighted by atomic mass is 9.88. The van der Waals surface area contributed by atoms with Gasteiger partial charge in [0.25, 0.3) is 0 Å². The smallest absolute Gasteiger partial charge is 0.465 e. The number of aliphatic hydroxyl groups excluding tert-OH is 1. The van der Waals surface area contributed by atoms with Crippen molar-refractivity contribution >= 4 is 37.8 Å². The lowest BCUT2D eigenvalue weighted by Gasteiger charge is -2.36. The number of methoxy groups -OCH3 is 1. The maximum atomic E-state index is 13.1. The number of hydrogen-bond donors (Lipinski definition) is 2. The van der Waals surface area contributed by atoms with Gasteiger partial charge in [0, 0.05) is 21.8 Å². The van der Waals surface area contributed by atoms with E-state index in [1.54, 1.807) is 18.2 Å². The second-order valence-electron chi connectivity index (χ2n) is 9.35. The first-order chi connectivity index (χ1) is 18.5. The van der Waals surface area contributed by atoms with Crippen LogP contribution >= 0.6 is 0 Å². The Bertz CT molecular complexity index is 1630. The van der Waals surface area contributed by atoms with Crippen molar-refractivity contribution in [3.63, 3.8) is 0 Å². The number of aliphatic hydroxyl groups is 1. The predicted molar refractivity (Wildman–Crippen MR) is 137 cm³/mol. The van der Waals surface area contributed by atoms with Crippen molar-refractivity contribution in [2.45, 2.75) is 48.7 Å². The highest BCUT2D eigenvalue weighted by atomic mass is 32.2. The fourth-order valence-corrected chi connectivity index (χ4v) is 6.55. The third-order valence-electron chi connectivity index (χ3n) is 6.96. The maximum absolute atomic E-state index is 13.1. The van der Waals surface area contributed by atoms with Gasteiger partial charge >= 0.3 is 12.3 Å². The highest BCUT2D eigenvalue weighted by Gasteiger charge is 2.37. The summed E-state index contributed by atoms with van der Waals surface area (Å²) < 4.78 is 76.6. The summed E-state index contributed by atoms with van der Waals surface area (Å²) >= 11 is 0. The van der Waals surface area contributed by atoms with E-state index in [1.807, 2.05) is 28.8 Å². The highest BCUT2D eigenvalue weighted by Crippen LogP contribution is 2.38. The summed E-state index contributed by atoms with van der Waals surface area (Å²) in [5, 5.41) is 13.1. The first-order valence-corrected chi connectivity index (χ1v) is 13.6. The van der Waals surface area contributed by atoms with Crippen LogP contribution in [0, 0.1) is 0 Å². The summed E-state index contributed by atoms with van der Waals surface area (Å²) in [6.07, 6.45) is -4.44. The summed E-state index contributed by atoms with van der Waals surface area (Å²) in [5.41, 5.74) is 1.98. The van der Waals surface area contributed by atoms with Gasteiger partial charge in [-0.1, -0.05) is 18.2 Å². The number of rotatable bonds is 6. The lowest BCUT2D eigenvalue weighted by molar-refractivity contribution is -0.274. The van der Waals surface area contributed by atoms with E-state index in [0.29, 0.717) is 24.8 Å². The summed E-state index contributed by atoms with van der Waals surface area (Å²) in [4.78, 5) is 11.9. The number of para-hydroxylation sites is 1. The summed E-state index contributed by atoms with van der Waals surface area (Å²) in [5.74, 6) is -1.01. The third-order valence-corrected chi connectivity index (χ3v) is 8.46. The number of carbonyl (C=O) groups excluding carboxylic acids is 1. The van der Waals surface area contributed by atoms with Crippen LogP contribution in [0.3, 0.4) is 0 Å². The van der Waals surface area contributed by atoms with E-state index in [-0.39, 0.29) is 4.90 Å². The SMILES string of the molecule is COC(=O)c1ccc2c(c1)c1ccccc1n2C1CCC[C@@H](NS(=O)(=O)c2ccc(OC(F)(F)F)cc2)[C@@H]1O. The Morgan fingerprint density at radius 1 is 1.00 bits per heavy atom. The monoisotopic (exact) mass is 562 g/mol. The number of alkyl halides is 3. The highest BCUT2D eigenvalue weighted by molar-refractivity contribution is 7.89. The van der Waals surface area contributed by atoms with Crippen molar-refractivity contribution in [3.05, 3.63) is 72.3 Å². The molecule has 0 radical (unpaired) electrons. The molecule has 2 N–H and O–H groups in total. The molecule has 1 aromatic heterocycles. The second kappa shape index (κ2) is 10.2. The van der Waals surface area contributed by atoms with E-state index in [0.717, 1.165) is 46.1 Å². The number of nitrogens with one attached hydrogen (secondary N) is 1. The van der Waals surface area contributed by atoms with E-state index in [4.69, 9.17) is 4.74 Å². The Morgan fingerprint density at radius 2 is 1.69 bits per heavy atom. The van der Waals surface area contributed by atoms with Crippen LogP contribution in [0.4, 0.5) is 13.2 Å². The van der Waals surface area contributed by atoms with Crippen LogP contribution in [0.5, 0.6) is 5.75 Å². The predicted octanol–water partition coefficient (Wildman–Crippen LogP) is 4.91. The molecule has 4 aromatic rings. The fourth-order valence-electron chi connectivity index (χ4n) is 5.26. The first kappa shape index (κ1) is 27.0. The van der Waals surface area contributed by atoms with Crippen molar-refractivity contribution in [2.75, 3.05) is 7.11 Å². The molecule has 0 amide bonds. The third kappa shape index (κ3) is 5.32. The van der Waals surface area contributed by atoms with E-state index in [9.17, 15) is 31.5 Å². The Hall–Kier alpha value is -3.61. The number of halogens is 3. The maximum Gasteiger partial charge on any atom is 0.573 e. The van der Waals surface area contributed by atoms with Gasteiger partial charge in [-0.15, -0.1) is 13.2 Å². The molecular weight excluding hydrogens is 537 g/mol. The fraction of sp³-hybridized carbons (Fsp3) is 0.296. The van der Waals surface area contributed by atoms with Crippen LogP contribution in [0.2, 0.25) is 0 Å². The zero-order valence-electron chi connectivity index (χ0n) is 20.7. The number of aromatic nitrogens is 1. The molecule has 0 saturated heterocycles. The molecule has 3 atom stereocenters. The second-order valence-corrected chi connectivity index (χ2v) is 11.1. The minimum atomic E-state index is -4.90. The summed E-state index contributed by atoms with van der Waals surface area (Å²) in [6, 6.07) is 15.3. The molecule has 0 aliphatic heterocycles. The molecule has 12 heteroatoms. The van der Waals surface area contributed by atoms with Gasteiger partial charge in [0.1, 0.15) is 5.75 Å². The molecule has 1 fully saturated rings. The minimum absolute atomic E-state index is 0.251. The largest absolute Gasteiger partial charge is 0.573 e. The average Bonchev–Trinajstić information content (AvgIpc) is 3.22. The molecule has 1 heterocycles. The zero-order chi connectivity index (χ0) is 27.9. The van der Waals surface area contributed by atoms with E-state index >= 15 is 0 Å². The molecule has 1 unspecified atom stereocenters. The standard InChI is InChI=1S/C27H25F3N2O6S/c1-37-26(34)16-9-14-23-20(15-16)19-5-2-3-7-22(19)32(23)24-8-4-6-21(25(24)33)31-39(35,36)18-12-10-17(11-13-18)38-27(28,29)30/h2-3,5,7,9-15,21,24-25,31,33H,4,6,8H2,1H3/t21-,24?,25+/m1/s1. The molecular formula is C27H25F3N2O6S. The van der Waals surface area contributed by atoms with Crippen molar-refractivity contribution in [3.8, 4) is 5.75 Å². The molecule has 5 rings (SSSR count). The Labute approximate surface area is 222 Å². The molecule has 1 aliphatic rings. The van der Waals surface area contributed by atoms with E-state index in [1.165, 1.54) is 7.11 Å². The number of carbonyl (C=O) groups is 1. The van der Waals surface area contributed by atoms with Gasteiger partial charge in [0.15, 0.2) is 0 Å². The van der Waals surface area contributed by atoms with Gasteiger partial charge in [0.2, 0.25) is 10.0 Å². The summed E-state index contributed by atoms with van der Waals surface area (Å²) in [7, 11) is -2.85. The van der Waals surface area contributed by atoms with Crippen LogP contribution in [-0.2, 0) is 14.8 Å². The minimum Gasteiger partial charge on any atom is -0.465 e. The van der Waals surface area contributed by atoms with Crippen molar-refractivity contribution < 1.29 is 41.0 Å². The van der Waals surface area contributed by atoms with Gasteiger partial charge in [-0.3, -0.25) is 0 Å². The molecule has 206 valence electrons. The zero-order valence-corrected chi connectivity index (χ0v) is 21.5. The Balaban J connectivity index is 1.45. The summed E-state index contributed by atoms with van der Waals surface area (Å²) in [6.45, 7) is 0. The number of benzene rings is 3. The van der Waals surface area contributed by atoms with E-state index < -0.39 is 46.3 Å². The number of fused-ring (bicyclic) bond motifs is 3. The number of esters is 1. The van der Waals surface area contributed by atoms with Crippen molar-refractivity contribution in [1.82, 2.24) is 9.29 Å². The van der Waals surface area contributed by atoms with Crippen LogP contribution in [0.15, 0.2) is 71.6 Å². The van der Waals surface area contributed by atoms with Gasteiger partial charge in [0.05, 0.1) is 35.8 Å². The molecule has 3 aromatic carbocycles. The molecule has 8 nitrogen and oxygen atoms in total. The molecule has 0 spiro atoms. The first-order valence-electron chi connectivity index (χ1n) is 12.2. The average molecular weight is 563 g/mol.